The number of benzene rings is 4. The molecule has 4 aromatic carbocycles. The van der Waals surface area contributed by atoms with E-state index in [1.54, 1.807) is 36.4 Å². The fraction of sp³-hybridized carbons (Fsp3) is 0.400. The third-order valence-electron chi connectivity index (χ3n) is 9.98. The Morgan fingerprint density at radius 2 is 1.49 bits per heavy atom. The largest absolute Gasteiger partial charge is 0.491 e. The summed E-state index contributed by atoms with van der Waals surface area (Å²) in [6.45, 7) is 6.13. The van der Waals surface area contributed by atoms with Crippen molar-refractivity contribution in [2.24, 2.45) is 15.1 Å². The zero-order valence-corrected chi connectivity index (χ0v) is 37.0. The molecule has 61 heavy (non-hydrogen) atoms. The van der Waals surface area contributed by atoms with Gasteiger partial charge in [-0.1, -0.05) is 107 Å². The highest BCUT2D eigenvalue weighted by Crippen LogP contribution is 2.36. The summed E-state index contributed by atoms with van der Waals surface area (Å²) in [5.74, 6) is -0.205. The summed E-state index contributed by atoms with van der Waals surface area (Å²) in [6.07, 6.45) is 11.0. The Morgan fingerprint density at radius 3 is 2.20 bits per heavy atom. The molecule has 1 aliphatic rings. The van der Waals surface area contributed by atoms with Gasteiger partial charge in [-0.05, 0) is 74.4 Å². The van der Waals surface area contributed by atoms with Crippen LogP contribution in [0.25, 0.3) is 0 Å². The number of sulfonamides is 2. The van der Waals surface area contributed by atoms with Gasteiger partial charge >= 0.3 is 0 Å². The molecule has 14 nitrogen and oxygen atoms in total. The zero-order chi connectivity index (χ0) is 43.8. The van der Waals surface area contributed by atoms with Gasteiger partial charge in [-0.3, -0.25) is 4.79 Å². The van der Waals surface area contributed by atoms with Crippen LogP contribution in [0.4, 0.5) is 17.1 Å². The number of methoxy groups -OCH3 is 1. The van der Waals surface area contributed by atoms with Crippen LogP contribution in [0.1, 0.15) is 82.3 Å². The van der Waals surface area contributed by atoms with Crippen LogP contribution in [0.5, 0.6) is 17.2 Å². The van der Waals surface area contributed by atoms with Crippen molar-refractivity contribution in [3.8, 4) is 17.2 Å². The van der Waals surface area contributed by atoms with Crippen molar-refractivity contribution < 1.29 is 40.6 Å². The van der Waals surface area contributed by atoms with Crippen molar-refractivity contribution in [1.29, 1.82) is 0 Å². The summed E-state index contributed by atoms with van der Waals surface area (Å²) in [5.41, 5.74) is 2.24. The second-order valence-electron chi connectivity index (χ2n) is 14.8. The topological polar surface area (TPSA) is 188 Å². The predicted octanol–water partition coefficient (Wildman–Crippen LogP) is 8.76. The van der Waals surface area contributed by atoms with Crippen LogP contribution in [0.15, 0.2) is 105 Å². The monoisotopic (exact) mass is 875 g/mol. The van der Waals surface area contributed by atoms with Crippen LogP contribution >= 0.6 is 0 Å². The molecule has 5 rings (SSSR count). The number of nitrogens with two attached hydrogens (primary N) is 1. The van der Waals surface area contributed by atoms with Crippen molar-refractivity contribution in [2.45, 2.75) is 101 Å². The number of unbranched alkanes of at least 4 members (excludes halogenated alkanes) is 9. The molecule has 1 amide bonds. The molecule has 0 spiro atoms. The number of amides is 1. The van der Waals surface area contributed by atoms with E-state index in [-0.39, 0.29) is 45.9 Å². The SMILES string of the molecule is CCCCCCCCCCCCOc1ccccc1NC(=O)C(Oc1ccc(S(N)(=O)=O)cc1/N=C/OC)C1=Nc2ccccc2S(=O)(=O)N1CCOc1ccc(C)cc1C. The van der Waals surface area contributed by atoms with Crippen LogP contribution in [-0.4, -0.2) is 72.3 Å². The number of aliphatic imine (C=N–C) groups is 2. The van der Waals surface area contributed by atoms with Gasteiger partial charge < -0.3 is 24.3 Å². The van der Waals surface area contributed by atoms with E-state index in [0.29, 0.717) is 23.8 Å². The first kappa shape index (κ1) is 46.6. The second-order valence-corrected chi connectivity index (χ2v) is 18.2. The zero-order valence-electron chi connectivity index (χ0n) is 35.3. The molecule has 1 atom stereocenters. The first-order valence-electron chi connectivity index (χ1n) is 20.7. The predicted molar refractivity (Wildman–Crippen MR) is 239 cm³/mol. The lowest BCUT2D eigenvalue weighted by atomic mass is 10.1. The van der Waals surface area contributed by atoms with Gasteiger partial charge in [0.2, 0.25) is 16.1 Å². The van der Waals surface area contributed by atoms with Gasteiger partial charge in [0.15, 0.2) is 12.2 Å². The number of para-hydroxylation sites is 3. The van der Waals surface area contributed by atoms with Gasteiger partial charge in [-0.2, -0.15) is 0 Å². The summed E-state index contributed by atoms with van der Waals surface area (Å²) in [7, 11) is -7.18. The van der Waals surface area contributed by atoms with E-state index in [1.165, 1.54) is 76.3 Å². The lowest BCUT2D eigenvalue weighted by Gasteiger charge is -2.33. The number of amidine groups is 1. The number of carbonyl (C=O) groups is 1. The third-order valence-corrected chi connectivity index (χ3v) is 12.7. The van der Waals surface area contributed by atoms with Gasteiger partial charge in [0, 0.05) is 0 Å². The van der Waals surface area contributed by atoms with Crippen LogP contribution in [0, 0.1) is 13.8 Å². The van der Waals surface area contributed by atoms with E-state index in [1.807, 2.05) is 32.0 Å². The number of rotatable bonds is 24. The molecule has 0 fully saturated rings. The lowest BCUT2D eigenvalue weighted by molar-refractivity contribution is -0.120. The van der Waals surface area contributed by atoms with Crippen molar-refractivity contribution in [3.63, 3.8) is 0 Å². The molecule has 1 heterocycles. The molecule has 4 aromatic rings. The van der Waals surface area contributed by atoms with E-state index < -0.39 is 32.1 Å². The Morgan fingerprint density at radius 1 is 0.836 bits per heavy atom. The fourth-order valence-corrected chi connectivity index (χ4v) is 8.91. The van der Waals surface area contributed by atoms with E-state index in [2.05, 4.69) is 17.2 Å². The highest BCUT2D eigenvalue weighted by atomic mass is 32.2. The van der Waals surface area contributed by atoms with Crippen molar-refractivity contribution in [3.05, 3.63) is 96.1 Å². The third kappa shape index (κ3) is 13.0. The number of hydrogen-bond acceptors (Lipinski definition) is 11. The van der Waals surface area contributed by atoms with Crippen molar-refractivity contribution in [1.82, 2.24) is 4.31 Å². The standard InChI is InChI=1S/C45H57N5O9S2/c1-5-6-7-8-9-10-11-12-13-18-28-57-40-21-16-14-19-36(40)49-45(51)43(59-41-26-24-35(60(46,52)53)31-38(41)47-32-56-4)44-48-37-20-15-17-22-42(37)61(54,55)50(44)27-29-58-39-25-23-33(2)30-34(39)3/h14-17,19-26,30-32,43H,5-13,18,27-29H2,1-4H3,(H,49,51)(H2,46,52,53)/b47-32+. The normalized spacial score (nSPS) is 13.9. The number of anilines is 1. The van der Waals surface area contributed by atoms with Gasteiger partial charge in [0.25, 0.3) is 15.9 Å². The number of nitrogens with one attached hydrogen (secondary N) is 1. The highest BCUT2D eigenvalue weighted by molar-refractivity contribution is 7.90. The van der Waals surface area contributed by atoms with Crippen molar-refractivity contribution in [2.75, 3.05) is 32.2 Å². The molecular weight excluding hydrogens is 819 g/mol. The Kier molecular flexibility index (Phi) is 17.1. The minimum absolute atomic E-state index is 0.0713. The molecule has 1 unspecified atom stereocenters. The number of hydrogen-bond donors (Lipinski definition) is 2. The van der Waals surface area contributed by atoms with Crippen LogP contribution in [-0.2, 0) is 29.6 Å². The first-order chi connectivity index (χ1) is 29.3. The molecule has 328 valence electrons. The Labute approximate surface area is 360 Å². The Hall–Kier alpha value is -5.45. The number of nitrogens with zero attached hydrogens (tertiary/aromatic N) is 3. The molecule has 0 saturated heterocycles. The maximum Gasteiger partial charge on any atom is 0.273 e. The summed E-state index contributed by atoms with van der Waals surface area (Å²) in [6, 6.07) is 22.4. The molecule has 1 aliphatic heterocycles. The number of carbonyl (C=O) groups excluding carboxylic acids is 1. The molecule has 0 saturated carbocycles. The number of fused-ring (bicyclic) bond motifs is 1. The van der Waals surface area contributed by atoms with Crippen LogP contribution < -0.4 is 24.7 Å². The average Bonchev–Trinajstić information content (AvgIpc) is 3.23. The maximum absolute atomic E-state index is 14.7. The van der Waals surface area contributed by atoms with Gasteiger partial charge in [-0.25, -0.2) is 36.3 Å². The highest BCUT2D eigenvalue weighted by Gasteiger charge is 2.42. The van der Waals surface area contributed by atoms with Gasteiger partial charge in [-0.15, -0.1) is 0 Å². The summed E-state index contributed by atoms with van der Waals surface area (Å²) in [4.78, 5) is 23.3. The van der Waals surface area contributed by atoms with E-state index in [0.717, 1.165) is 47.2 Å². The molecular formula is C45H57N5O9S2. The molecule has 0 radical (unpaired) electrons. The maximum atomic E-state index is 14.7. The van der Waals surface area contributed by atoms with E-state index >= 15 is 0 Å². The Bertz CT molecular complexity index is 2390. The first-order valence-corrected chi connectivity index (χ1v) is 23.6. The lowest BCUT2D eigenvalue weighted by Crippen LogP contribution is -2.52. The molecule has 0 aliphatic carbocycles. The van der Waals surface area contributed by atoms with E-state index in [9.17, 15) is 21.6 Å². The van der Waals surface area contributed by atoms with Gasteiger partial charge in [0.05, 0.1) is 36.5 Å². The average molecular weight is 876 g/mol. The van der Waals surface area contributed by atoms with Crippen LogP contribution in [0.3, 0.4) is 0 Å². The number of primary sulfonamides is 1. The fourth-order valence-electron chi connectivity index (χ4n) is 6.81. The molecule has 0 aromatic heterocycles. The summed E-state index contributed by atoms with van der Waals surface area (Å²) in [5, 5.41) is 8.31. The molecule has 3 N–H and O–H groups in total. The minimum Gasteiger partial charge on any atom is -0.491 e. The Balaban J connectivity index is 1.46. The minimum atomic E-state index is -4.34. The molecule has 0 bridgehead atoms. The number of aryl methyl sites for hydroxylation is 2. The summed E-state index contributed by atoms with van der Waals surface area (Å²) < 4.78 is 78.2. The van der Waals surface area contributed by atoms with Crippen LogP contribution in [0.2, 0.25) is 0 Å². The summed E-state index contributed by atoms with van der Waals surface area (Å²) >= 11 is 0. The molecule has 16 heteroatoms. The van der Waals surface area contributed by atoms with E-state index in [4.69, 9.17) is 29.1 Å². The second kappa shape index (κ2) is 22.4. The quantitative estimate of drug-likeness (QED) is 0.0394. The van der Waals surface area contributed by atoms with Crippen molar-refractivity contribution >= 4 is 55.3 Å². The smallest absolute Gasteiger partial charge is 0.273 e. The van der Waals surface area contributed by atoms with Gasteiger partial charge in [0.1, 0.15) is 34.4 Å². The number of ether oxygens (including phenoxy) is 4.